The van der Waals surface area contributed by atoms with E-state index in [0.717, 1.165) is 31.3 Å². The highest BCUT2D eigenvalue weighted by Gasteiger charge is 2.54. The Kier molecular flexibility index (Phi) is 5.00. The highest BCUT2D eigenvalue weighted by atomic mass is 16.5. The first-order valence-electron chi connectivity index (χ1n) is 10.0. The van der Waals surface area contributed by atoms with E-state index in [1.807, 2.05) is 0 Å². The van der Waals surface area contributed by atoms with Gasteiger partial charge in [0.05, 0.1) is 11.7 Å². The molecular formula is C22H34O3. The average molecular weight is 347 g/mol. The lowest BCUT2D eigenvalue weighted by molar-refractivity contribution is -0.122. The first-order valence-corrected chi connectivity index (χ1v) is 10.0. The van der Waals surface area contributed by atoms with E-state index in [2.05, 4.69) is 27.7 Å². The van der Waals surface area contributed by atoms with Gasteiger partial charge in [0.2, 0.25) is 0 Å². The molecule has 0 aromatic heterocycles. The number of hydrogen-bond acceptors (Lipinski definition) is 3. The van der Waals surface area contributed by atoms with Crippen molar-refractivity contribution in [2.45, 2.75) is 97.7 Å². The summed E-state index contributed by atoms with van der Waals surface area (Å²) in [5, 5.41) is 0. The summed E-state index contributed by atoms with van der Waals surface area (Å²) in [6.07, 6.45) is 7.64. The minimum Gasteiger partial charge on any atom is -0.372 e. The number of ether oxygens (including phenoxy) is 1. The minimum atomic E-state index is -0.103. The second kappa shape index (κ2) is 6.64. The van der Waals surface area contributed by atoms with E-state index in [9.17, 15) is 9.59 Å². The van der Waals surface area contributed by atoms with Gasteiger partial charge in [-0.2, -0.15) is 0 Å². The predicted octanol–water partition coefficient (Wildman–Crippen LogP) is 5.03. The molecular weight excluding hydrogens is 312 g/mol. The number of hydrogen-bond donors (Lipinski definition) is 0. The Morgan fingerprint density at radius 2 is 1.92 bits per heavy atom. The number of carbonyl (C=O) groups is 2. The van der Waals surface area contributed by atoms with Crippen molar-refractivity contribution in [1.29, 1.82) is 0 Å². The molecule has 3 aliphatic rings. The van der Waals surface area contributed by atoms with Crippen LogP contribution in [0.2, 0.25) is 0 Å². The van der Waals surface area contributed by atoms with Gasteiger partial charge < -0.3 is 9.53 Å². The molecule has 0 saturated heterocycles. The lowest BCUT2D eigenvalue weighted by atomic mass is 9.58. The Balaban J connectivity index is 1.85. The van der Waals surface area contributed by atoms with Crippen LogP contribution in [0, 0.1) is 17.3 Å². The number of fused-ring (bicyclic) bond motifs is 3. The molecule has 0 heterocycles. The van der Waals surface area contributed by atoms with Crippen LogP contribution in [-0.4, -0.2) is 23.3 Å². The summed E-state index contributed by atoms with van der Waals surface area (Å²) in [6, 6.07) is 0. The molecule has 3 aliphatic carbocycles. The van der Waals surface area contributed by atoms with Crippen molar-refractivity contribution in [3.8, 4) is 0 Å². The molecule has 0 N–H and O–H groups in total. The molecule has 3 rings (SSSR count). The zero-order chi connectivity index (χ0) is 18.4. The molecule has 0 aromatic rings. The standard InChI is InChI=1S/C22H34O3/c1-14(23)6-7-17-15-12-13-22(5)18(16(15)8-10-19(17)24)9-11-20(22)25-21(2,3)4/h16,18,20H,6-13H2,1-5H3/t16?,18?,20-,22-/m1/s1. The predicted molar refractivity (Wildman–Crippen MR) is 99.4 cm³/mol. The minimum absolute atomic E-state index is 0.103. The van der Waals surface area contributed by atoms with Gasteiger partial charge >= 0.3 is 0 Å². The van der Waals surface area contributed by atoms with Crippen LogP contribution >= 0.6 is 0 Å². The van der Waals surface area contributed by atoms with Gasteiger partial charge in [-0.25, -0.2) is 0 Å². The second-order valence-electron chi connectivity index (χ2n) is 9.68. The summed E-state index contributed by atoms with van der Waals surface area (Å²) in [5.74, 6) is 1.65. The second-order valence-corrected chi connectivity index (χ2v) is 9.68. The SMILES string of the molecule is CC(=O)CCC1=C2CC[C@]3(C)C(CC[C@H]3OC(C)(C)C)C2CCC1=O. The van der Waals surface area contributed by atoms with E-state index in [4.69, 9.17) is 4.74 Å². The maximum absolute atomic E-state index is 12.5. The highest BCUT2D eigenvalue weighted by molar-refractivity contribution is 5.97. The van der Waals surface area contributed by atoms with Crippen molar-refractivity contribution in [1.82, 2.24) is 0 Å². The first kappa shape index (κ1) is 18.8. The van der Waals surface area contributed by atoms with Crippen LogP contribution in [0.3, 0.4) is 0 Å². The van der Waals surface area contributed by atoms with Crippen LogP contribution in [0.1, 0.15) is 86.0 Å². The Hall–Kier alpha value is -0.960. The van der Waals surface area contributed by atoms with E-state index in [-0.39, 0.29) is 16.8 Å². The summed E-state index contributed by atoms with van der Waals surface area (Å²) >= 11 is 0. The van der Waals surface area contributed by atoms with Gasteiger partial charge in [0.25, 0.3) is 0 Å². The number of Topliss-reactive ketones (excluding diaryl/α,β-unsaturated/α-hetero) is 2. The Labute approximate surface area is 152 Å². The summed E-state index contributed by atoms with van der Waals surface area (Å²) in [7, 11) is 0. The van der Waals surface area contributed by atoms with Gasteiger partial charge in [-0.15, -0.1) is 0 Å². The van der Waals surface area contributed by atoms with Crippen molar-refractivity contribution in [3.05, 3.63) is 11.1 Å². The van der Waals surface area contributed by atoms with Gasteiger partial charge in [-0.05, 0) is 89.0 Å². The highest BCUT2D eigenvalue weighted by Crippen LogP contribution is 2.60. The summed E-state index contributed by atoms with van der Waals surface area (Å²) in [5.41, 5.74) is 2.53. The van der Waals surface area contributed by atoms with Crippen molar-refractivity contribution in [3.63, 3.8) is 0 Å². The molecule has 0 radical (unpaired) electrons. The van der Waals surface area contributed by atoms with E-state index in [1.165, 1.54) is 12.0 Å². The third-order valence-electron chi connectivity index (χ3n) is 6.82. The fourth-order valence-corrected chi connectivity index (χ4v) is 5.66. The van der Waals surface area contributed by atoms with Crippen LogP contribution in [-0.2, 0) is 14.3 Å². The maximum atomic E-state index is 12.5. The average Bonchev–Trinajstić information content (AvgIpc) is 2.81. The third kappa shape index (κ3) is 3.63. The molecule has 25 heavy (non-hydrogen) atoms. The number of ketones is 2. The van der Waals surface area contributed by atoms with Gasteiger partial charge in [0, 0.05) is 12.8 Å². The lowest BCUT2D eigenvalue weighted by Crippen LogP contribution is -2.45. The lowest BCUT2D eigenvalue weighted by Gasteiger charge is -2.49. The fraction of sp³-hybridized carbons (Fsp3) is 0.818. The molecule has 0 aromatic carbocycles. The van der Waals surface area contributed by atoms with E-state index >= 15 is 0 Å². The summed E-state index contributed by atoms with van der Waals surface area (Å²) in [6.45, 7) is 10.5. The van der Waals surface area contributed by atoms with Gasteiger partial charge in [-0.3, -0.25) is 4.79 Å². The molecule has 2 saturated carbocycles. The topological polar surface area (TPSA) is 43.4 Å². The monoisotopic (exact) mass is 346 g/mol. The quantitative estimate of drug-likeness (QED) is 0.717. The largest absolute Gasteiger partial charge is 0.372 e. The van der Waals surface area contributed by atoms with E-state index < -0.39 is 0 Å². The molecule has 0 aliphatic heterocycles. The number of carbonyl (C=O) groups excluding carboxylic acids is 2. The van der Waals surface area contributed by atoms with Gasteiger partial charge in [0.1, 0.15) is 5.78 Å². The third-order valence-corrected chi connectivity index (χ3v) is 6.82. The molecule has 0 amide bonds. The molecule has 2 unspecified atom stereocenters. The molecule has 4 atom stereocenters. The van der Waals surface area contributed by atoms with Crippen LogP contribution in [0.4, 0.5) is 0 Å². The van der Waals surface area contributed by atoms with Gasteiger partial charge in [-0.1, -0.05) is 12.5 Å². The zero-order valence-electron chi connectivity index (χ0n) is 16.6. The molecule has 3 nitrogen and oxygen atoms in total. The van der Waals surface area contributed by atoms with E-state index in [1.54, 1.807) is 6.92 Å². The smallest absolute Gasteiger partial charge is 0.158 e. The van der Waals surface area contributed by atoms with Crippen molar-refractivity contribution in [2.75, 3.05) is 0 Å². The molecule has 140 valence electrons. The zero-order valence-corrected chi connectivity index (χ0v) is 16.6. The molecule has 0 spiro atoms. The molecule has 0 bridgehead atoms. The molecule has 3 heteroatoms. The van der Waals surface area contributed by atoms with Crippen LogP contribution in [0.15, 0.2) is 11.1 Å². The maximum Gasteiger partial charge on any atom is 0.158 e. The van der Waals surface area contributed by atoms with Crippen LogP contribution in [0.5, 0.6) is 0 Å². The van der Waals surface area contributed by atoms with Crippen LogP contribution < -0.4 is 0 Å². The number of allylic oxidation sites excluding steroid dienone is 2. The van der Waals surface area contributed by atoms with Crippen LogP contribution in [0.25, 0.3) is 0 Å². The van der Waals surface area contributed by atoms with Gasteiger partial charge in [0.15, 0.2) is 5.78 Å². The number of rotatable bonds is 4. The van der Waals surface area contributed by atoms with Crippen molar-refractivity contribution in [2.24, 2.45) is 17.3 Å². The first-order chi connectivity index (χ1) is 11.6. The summed E-state index contributed by atoms with van der Waals surface area (Å²) < 4.78 is 6.45. The van der Waals surface area contributed by atoms with Crippen molar-refractivity contribution < 1.29 is 14.3 Å². The Bertz CT molecular complexity index is 595. The Morgan fingerprint density at radius 3 is 2.56 bits per heavy atom. The van der Waals surface area contributed by atoms with E-state index in [0.29, 0.717) is 43.0 Å². The Morgan fingerprint density at radius 1 is 1.20 bits per heavy atom. The fourth-order valence-electron chi connectivity index (χ4n) is 5.66. The normalized spacial score (nSPS) is 35.6. The van der Waals surface area contributed by atoms with Crippen molar-refractivity contribution >= 4 is 11.6 Å². The molecule has 2 fully saturated rings. The summed E-state index contributed by atoms with van der Waals surface area (Å²) in [4.78, 5) is 23.9.